The van der Waals surface area contributed by atoms with E-state index >= 15 is 0 Å². The van der Waals surface area contributed by atoms with Gasteiger partial charge in [-0.25, -0.2) is 0 Å². The summed E-state index contributed by atoms with van der Waals surface area (Å²) in [7, 11) is 0. The number of carbonyl (C=O) groups is 1. The van der Waals surface area contributed by atoms with Gasteiger partial charge in [0.05, 0.1) is 5.52 Å². The summed E-state index contributed by atoms with van der Waals surface area (Å²) in [6.45, 7) is 0. The molecular weight excluding hydrogens is 286 g/mol. The summed E-state index contributed by atoms with van der Waals surface area (Å²) in [6, 6.07) is 15.2. The van der Waals surface area contributed by atoms with Gasteiger partial charge in [-0.1, -0.05) is 41.9 Å². The predicted molar refractivity (Wildman–Crippen MR) is 84.5 cm³/mol. The Hall–Kier alpha value is -2.33. The molecule has 1 aromatic heterocycles. The number of rotatable bonds is 4. The lowest BCUT2D eigenvalue weighted by Crippen LogP contribution is -2.12. The van der Waals surface area contributed by atoms with E-state index in [1.165, 1.54) is 0 Å². The van der Waals surface area contributed by atoms with Crippen LogP contribution >= 0.6 is 11.6 Å². The average molecular weight is 300 g/mol. The molecule has 0 saturated carbocycles. The number of fused-ring (bicyclic) bond motifs is 1. The smallest absolute Gasteiger partial charge is 0.225 e. The van der Waals surface area contributed by atoms with Gasteiger partial charge in [-0.05, 0) is 30.2 Å². The summed E-state index contributed by atoms with van der Waals surface area (Å²) in [5, 5.41) is 11.4. The highest BCUT2D eigenvalue weighted by atomic mass is 35.5. The highest BCUT2D eigenvalue weighted by Gasteiger charge is 2.09. The number of hydrogen-bond acceptors (Lipinski definition) is 2. The first-order valence-corrected chi connectivity index (χ1v) is 7.08. The van der Waals surface area contributed by atoms with Gasteiger partial charge in [0.2, 0.25) is 5.91 Å². The maximum Gasteiger partial charge on any atom is 0.225 e. The zero-order chi connectivity index (χ0) is 14.7. The molecule has 0 bridgehead atoms. The number of nitrogens with one attached hydrogen (secondary N) is 2. The third-order valence-corrected chi connectivity index (χ3v) is 3.68. The standard InChI is InChI=1S/C16H14ClN3O/c17-13-7-3-1-5-11(13)9-10-15(21)18-16-12-6-2-4-8-14(12)19-20-16/h1-8H,9-10H2,(H2,18,19,20,21). The molecule has 0 radical (unpaired) electrons. The molecule has 106 valence electrons. The third-order valence-electron chi connectivity index (χ3n) is 3.31. The largest absolute Gasteiger partial charge is 0.309 e. The fourth-order valence-electron chi connectivity index (χ4n) is 2.20. The number of carbonyl (C=O) groups excluding carboxylic acids is 1. The fourth-order valence-corrected chi connectivity index (χ4v) is 2.43. The van der Waals surface area contributed by atoms with Gasteiger partial charge in [-0.3, -0.25) is 9.89 Å². The highest BCUT2D eigenvalue weighted by Crippen LogP contribution is 2.20. The van der Waals surface area contributed by atoms with Gasteiger partial charge >= 0.3 is 0 Å². The summed E-state index contributed by atoms with van der Waals surface area (Å²) >= 11 is 6.08. The molecule has 3 aromatic rings. The second-order valence-electron chi connectivity index (χ2n) is 4.76. The molecule has 5 heteroatoms. The van der Waals surface area contributed by atoms with E-state index in [4.69, 9.17) is 11.6 Å². The minimum atomic E-state index is -0.0767. The van der Waals surface area contributed by atoms with Crippen LogP contribution in [0.5, 0.6) is 0 Å². The number of amides is 1. The number of anilines is 1. The van der Waals surface area contributed by atoms with E-state index in [-0.39, 0.29) is 5.91 Å². The molecular formula is C16H14ClN3O. The van der Waals surface area contributed by atoms with Crippen LogP contribution in [0.3, 0.4) is 0 Å². The second-order valence-corrected chi connectivity index (χ2v) is 5.16. The van der Waals surface area contributed by atoms with Gasteiger partial charge in [-0.2, -0.15) is 5.10 Å². The first-order chi connectivity index (χ1) is 10.2. The van der Waals surface area contributed by atoms with Gasteiger partial charge in [-0.15, -0.1) is 0 Å². The number of aryl methyl sites for hydroxylation is 1. The molecule has 21 heavy (non-hydrogen) atoms. The number of H-pyrrole nitrogens is 1. The molecule has 2 N–H and O–H groups in total. The van der Waals surface area contributed by atoms with Crippen LogP contribution in [-0.2, 0) is 11.2 Å². The van der Waals surface area contributed by atoms with Crippen LogP contribution < -0.4 is 5.32 Å². The number of para-hydroxylation sites is 1. The van der Waals surface area contributed by atoms with E-state index in [0.717, 1.165) is 16.5 Å². The Kier molecular flexibility index (Phi) is 3.88. The lowest BCUT2D eigenvalue weighted by Gasteiger charge is -2.04. The molecule has 1 heterocycles. The van der Waals surface area contributed by atoms with Crippen LogP contribution in [-0.4, -0.2) is 16.1 Å². The first kappa shape index (κ1) is 13.6. The summed E-state index contributed by atoms with van der Waals surface area (Å²) in [5.74, 6) is 0.488. The quantitative estimate of drug-likeness (QED) is 0.770. The van der Waals surface area contributed by atoms with Crippen molar-refractivity contribution in [2.75, 3.05) is 5.32 Å². The molecule has 4 nitrogen and oxygen atoms in total. The summed E-state index contributed by atoms with van der Waals surface area (Å²) in [4.78, 5) is 12.0. The van der Waals surface area contributed by atoms with Crippen molar-refractivity contribution in [2.45, 2.75) is 12.8 Å². The number of aromatic amines is 1. The molecule has 0 aliphatic rings. The van der Waals surface area contributed by atoms with Gasteiger partial charge in [0, 0.05) is 16.8 Å². The van der Waals surface area contributed by atoms with Crippen molar-refractivity contribution in [3.05, 3.63) is 59.1 Å². The normalized spacial score (nSPS) is 10.7. The Morgan fingerprint density at radius 1 is 1.14 bits per heavy atom. The van der Waals surface area contributed by atoms with Gasteiger partial charge in [0.25, 0.3) is 0 Å². The summed E-state index contributed by atoms with van der Waals surface area (Å²) in [5.41, 5.74) is 1.88. The number of benzene rings is 2. The van der Waals surface area contributed by atoms with Gasteiger partial charge in [0.15, 0.2) is 5.82 Å². The topological polar surface area (TPSA) is 57.8 Å². The van der Waals surface area contributed by atoms with Crippen LogP contribution in [0, 0.1) is 0 Å². The maximum absolute atomic E-state index is 12.0. The van der Waals surface area contributed by atoms with E-state index in [1.54, 1.807) is 0 Å². The Morgan fingerprint density at radius 3 is 2.76 bits per heavy atom. The highest BCUT2D eigenvalue weighted by molar-refractivity contribution is 6.31. The van der Waals surface area contributed by atoms with Crippen molar-refractivity contribution in [3.63, 3.8) is 0 Å². The van der Waals surface area contributed by atoms with Crippen molar-refractivity contribution in [3.8, 4) is 0 Å². The van der Waals surface area contributed by atoms with Crippen LogP contribution in [0.25, 0.3) is 10.9 Å². The van der Waals surface area contributed by atoms with E-state index in [9.17, 15) is 4.79 Å². The summed E-state index contributed by atoms with van der Waals surface area (Å²) < 4.78 is 0. The van der Waals surface area contributed by atoms with E-state index < -0.39 is 0 Å². The third kappa shape index (κ3) is 3.06. The lowest BCUT2D eigenvalue weighted by molar-refractivity contribution is -0.116. The van der Waals surface area contributed by atoms with Crippen LogP contribution in [0.15, 0.2) is 48.5 Å². The number of halogens is 1. The molecule has 3 rings (SSSR count). The van der Waals surface area contributed by atoms with E-state index in [1.807, 2.05) is 48.5 Å². The predicted octanol–water partition coefficient (Wildman–Crippen LogP) is 3.79. The van der Waals surface area contributed by atoms with Crippen LogP contribution in [0.2, 0.25) is 5.02 Å². The average Bonchev–Trinajstić information content (AvgIpc) is 2.90. The SMILES string of the molecule is O=C(CCc1ccccc1Cl)Nc1n[nH]c2ccccc12. The second kappa shape index (κ2) is 5.97. The van der Waals surface area contributed by atoms with E-state index in [0.29, 0.717) is 23.7 Å². The first-order valence-electron chi connectivity index (χ1n) is 6.70. The van der Waals surface area contributed by atoms with Crippen molar-refractivity contribution >= 4 is 34.2 Å². The molecule has 0 atom stereocenters. The van der Waals surface area contributed by atoms with Crippen molar-refractivity contribution in [2.24, 2.45) is 0 Å². The Bertz CT molecular complexity index is 782. The van der Waals surface area contributed by atoms with Crippen molar-refractivity contribution in [1.82, 2.24) is 10.2 Å². The molecule has 0 saturated heterocycles. The molecule has 0 fully saturated rings. The Morgan fingerprint density at radius 2 is 1.90 bits per heavy atom. The summed E-state index contributed by atoms with van der Waals surface area (Å²) in [6.07, 6.45) is 0.971. The van der Waals surface area contributed by atoms with Crippen molar-refractivity contribution in [1.29, 1.82) is 0 Å². The van der Waals surface area contributed by atoms with Gasteiger partial charge in [0.1, 0.15) is 0 Å². The monoisotopic (exact) mass is 299 g/mol. The molecule has 0 spiro atoms. The fraction of sp³-hybridized carbons (Fsp3) is 0.125. The van der Waals surface area contributed by atoms with Crippen LogP contribution in [0.4, 0.5) is 5.82 Å². The molecule has 0 unspecified atom stereocenters. The molecule has 2 aromatic carbocycles. The number of nitrogens with zero attached hydrogens (tertiary/aromatic N) is 1. The Balaban J connectivity index is 1.66. The zero-order valence-corrected chi connectivity index (χ0v) is 12.0. The minimum Gasteiger partial charge on any atom is -0.309 e. The maximum atomic E-state index is 12.0. The van der Waals surface area contributed by atoms with Crippen LogP contribution in [0.1, 0.15) is 12.0 Å². The Labute approximate surface area is 127 Å². The minimum absolute atomic E-state index is 0.0767. The van der Waals surface area contributed by atoms with E-state index in [2.05, 4.69) is 15.5 Å². The number of hydrogen-bond donors (Lipinski definition) is 2. The lowest BCUT2D eigenvalue weighted by atomic mass is 10.1. The van der Waals surface area contributed by atoms with Gasteiger partial charge < -0.3 is 5.32 Å². The molecule has 0 aliphatic heterocycles. The molecule has 0 aliphatic carbocycles. The van der Waals surface area contributed by atoms with Crippen molar-refractivity contribution < 1.29 is 4.79 Å². The number of aromatic nitrogens is 2. The molecule has 1 amide bonds. The zero-order valence-electron chi connectivity index (χ0n) is 11.3.